The van der Waals surface area contributed by atoms with Crippen LogP contribution >= 0.6 is 0 Å². The molecule has 0 aliphatic heterocycles. The highest BCUT2D eigenvalue weighted by Crippen LogP contribution is 2.28. The number of benzene rings is 1. The predicted octanol–water partition coefficient (Wildman–Crippen LogP) is 1.87. The number of nitro benzene ring substituents is 1. The molecule has 0 bridgehead atoms. The number of anilines is 1. The zero-order valence-corrected chi connectivity index (χ0v) is 9.10. The summed E-state index contributed by atoms with van der Waals surface area (Å²) in [4.78, 5) is 21.2. The lowest BCUT2D eigenvalue weighted by Crippen LogP contribution is -2.23. The third kappa shape index (κ3) is 3.20. The summed E-state index contributed by atoms with van der Waals surface area (Å²) < 4.78 is 4.94. The summed E-state index contributed by atoms with van der Waals surface area (Å²) >= 11 is 0. The van der Waals surface area contributed by atoms with Crippen LogP contribution < -0.4 is 15.4 Å². The average molecular weight is 237 g/mol. The van der Waals surface area contributed by atoms with E-state index in [1.165, 1.54) is 31.5 Å². The average Bonchev–Trinajstić information content (AvgIpc) is 2.29. The number of urea groups is 1. The molecular formula is C10H11N3O4. The largest absolute Gasteiger partial charge is 0.494 e. The van der Waals surface area contributed by atoms with Crippen molar-refractivity contribution in [2.45, 2.75) is 0 Å². The van der Waals surface area contributed by atoms with E-state index in [0.717, 1.165) is 0 Å². The van der Waals surface area contributed by atoms with Crippen molar-refractivity contribution < 1.29 is 14.5 Å². The van der Waals surface area contributed by atoms with Crippen LogP contribution in [0.5, 0.6) is 5.75 Å². The van der Waals surface area contributed by atoms with Gasteiger partial charge in [-0.05, 0) is 12.3 Å². The van der Waals surface area contributed by atoms with E-state index in [-0.39, 0.29) is 11.4 Å². The topological polar surface area (TPSA) is 93.5 Å². The van der Waals surface area contributed by atoms with Crippen LogP contribution in [0.2, 0.25) is 0 Å². The van der Waals surface area contributed by atoms with Crippen molar-refractivity contribution in [2.75, 3.05) is 12.4 Å². The molecule has 1 rings (SSSR count). The van der Waals surface area contributed by atoms with Gasteiger partial charge in [0, 0.05) is 6.07 Å². The summed E-state index contributed by atoms with van der Waals surface area (Å²) in [5.74, 6) is 0.207. The molecule has 0 aliphatic rings. The second kappa shape index (κ2) is 5.50. The maximum Gasteiger partial charge on any atom is 0.323 e. The summed E-state index contributed by atoms with van der Waals surface area (Å²) in [6.07, 6.45) is 1.22. The summed E-state index contributed by atoms with van der Waals surface area (Å²) in [5, 5.41) is 15.3. The first-order valence-corrected chi connectivity index (χ1v) is 4.59. The van der Waals surface area contributed by atoms with Crippen molar-refractivity contribution in [2.24, 2.45) is 0 Å². The number of rotatable bonds is 4. The van der Waals surface area contributed by atoms with Crippen LogP contribution in [0.4, 0.5) is 16.2 Å². The van der Waals surface area contributed by atoms with Crippen LogP contribution in [0.1, 0.15) is 0 Å². The SMILES string of the molecule is C=CNC(=O)Nc1ccc([N+](=O)[O-])cc1OC. The zero-order valence-electron chi connectivity index (χ0n) is 9.10. The van der Waals surface area contributed by atoms with E-state index >= 15 is 0 Å². The lowest BCUT2D eigenvalue weighted by atomic mass is 10.2. The Morgan fingerprint density at radius 3 is 2.82 bits per heavy atom. The summed E-state index contributed by atoms with van der Waals surface area (Å²) in [6, 6.07) is 3.38. The Morgan fingerprint density at radius 1 is 1.59 bits per heavy atom. The van der Waals surface area contributed by atoms with Gasteiger partial charge in [-0.2, -0.15) is 0 Å². The molecule has 0 radical (unpaired) electrons. The molecule has 0 unspecified atom stereocenters. The van der Waals surface area contributed by atoms with Gasteiger partial charge in [-0.15, -0.1) is 0 Å². The van der Waals surface area contributed by atoms with Crippen molar-refractivity contribution >= 4 is 17.4 Å². The molecule has 0 saturated heterocycles. The molecule has 7 heteroatoms. The number of carbonyl (C=O) groups is 1. The lowest BCUT2D eigenvalue weighted by molar-refractivity contribution is -0.384. The molecule has 17 heavy (non-hydrogen) atoms. The van der Waals surface area contributed by atoms with Crippen molar-refractivity contribution in [3.8, 4) is 5.75 Å². The standard InChI is InChI=1S/C10H11N3O4/c1-3-11-10(14)12-8-5-4-7(13(15)16)6-9(8)17-2/h3-6H,1H2,2H3,(H2,11,12,14). The number of nitro groups is 1. The summed E-state index contributed by atoms with van der Waals surface area (Å²) in [6.45, 7) is 3.33. The molecule has 0 saturated carbocycles. The summed E-state index contributed by atoms with van der Waals surface area (Å²) in [5.41, 5.74) is 0.217. The molecule has 0 spiro atoms. The number of hydrogen-bond acceptors (Lipinski definition) is 4. The maximum absolute atomic E-state index is 11.2. The molecule has 90 valence electrons. The van der Waals surface area contributed by atoms with Crippen molar-refractivity contribution in [3.05, 3.63) is 41.1 Å². The first-order valence-electron chi connectivity index (χ1n) is 4.59. The number of non-ortho nitro benzene ring substituents is 1. The number of amides is 2. The quantitative estimate of drug-likeness (QED) is 0.617. The molecule has 1 aromatic rings. The highest BCUT2D eigenvalue weighted by atomic mass is 16.6. The van der Waals surface area contributed by atoms with E-state index in [1.54, 1.807) is 0 Å². The second-order valence-corrected chi connectivity index (χ2v) is 2.94. The summed E-state index contributed by atoms with van der Waals surface area (Å²) in [7, 11) is 1.36. The van der Waals surface area contributed by atoms with Gasteiger partial charge >= 0.3 is 6.03 Å². The number of nitrogens with one attached hydrogen (secondary N) is 2. The van der Waals surface area contributed by atoms with Crippen molar-refractivity contribution in [1.29, 1.82) is 0 Å². The van der Waals surface area contributed by atoms with E-state index in [4.69, 9.17) is 4.74 Å². The van der Waals surface area contributed by atoms with E-state index in [2.05, 4.69) is 17.2 Å². The van der Waals surface area contributed by atoms with Crippen LogP contribution in [0.3, 0.4) is 0 Å². The van der Waals surface area contributed by atoms with E-state index in [0.29, 0.717) is 5.69 Å². The highest BCUT2D eigenvalue weighted by Gasteiger charge is 2.12. The van der Waals surface area contributed by atoms with Crippen LogP contribution in [0.15, 0.2) is 31.0 Å². The van der Waals surface area contributed by atoms with Gasteiger partial charge in [-0.3, -0.25) is 10.1 Å². The molecule has 0 aliphatic carbocycles. The molecular weight excluding hydrogens is 226 g/mol. The maximum atomic E-state index is 11.2. The van der Waals surface area contributed by atoms with Crippen molar-refractivity contribution in [3.63, 3.8) is 0 Å². The van der Waals surface area contributed by atoms with Crippen LogP contribution in [-0.4, -0.2) is 18.1 Å². The predicted molar refractivity (Wildman–Crippen MR) is 62.0 cm³/mol. The van der Waals surface area contributed by atoms with Crippen LogP contribution in [0.25, 0.3) is 0 Å². The first-order chi connectivity index (χ1) is 8.08. The molecule has 0 heterocycles. The van der Waals surface area contributed by atoms with Gasteiger partial charge in [0.1, 0.15) is 5.75 Å². The van der Waals surface area contributed by atoms with Crippen LogP contribution in [-0.2, 0) is 0 Å². The van der Waals surface area contributed by atoms with E-state index in [9.17, 15) is 14.9 Å². The Bertz CT molecular complexity index is 459. The van der Waals surface area contributed by atoms with Gasteiger partial charge in [0.15, 0.2) is 0 Å². The monoisotopic (exact) mass is 237 g/mol. The highest BCUT2D eigenvalue weighted by molar-refractivity contribution is 5.91. The van der Waals surface area contributed by atoms with Gasteiger partial charge in [0.2, 0.25) is 0 Å². The third-order valence-electron chi connectivity index (χ3n) is 1.88. The smallest absolute Gasteiger partial charge is 0.323 e. The fourth-order valence-corrected chi connectivity index (χ4v) is 1.15. The molecule has 1 aromatic carbocycles. The van der Waals surface area contributed by atoms with Gasteiger partial charge in [0.05, 0.1) is 23.8 Å². The number of methoxy groups -OCH3 is 1. The molecule has 2 amide bonds. The molecule has 7 nitrogen and oxygen atoms in total. The lowest BCUT2D eigenvalue weighted by Gasteiger charge is -2.09. The van der Waals surface area contributed by atoms with Gasteiger partial charge in [-0.25, -0.2) is 4.79 Å². The minimum Gasteiger partial charge on any atom is -0.494 e. The fraction of sp³-hybridized carbons (Fsp3) is 0.100. The second-order valence-electron chi connectivity index (χ2n) is 2.94. The van der Waals surface area contributed by atoms with Gasteiger partial charge < -0.3 is 15.4 Å². The minimum absolute atomic E-state index is 0.114. The number of nitrogens with zero attached hydrogens (tertiary/aromatic N) is 1. The normalized spacial score (nSPS) is 9.24. The molecule has 2 N–H and O–H groups in total. The van der Waals surface area contributed by atoms with Crippen molar-refractivity contribution in [1.82, 2.24) is 5.32 Å². The van der Waals surface area contributed by atoms with Crippen LogP contribution in [0, 0.1) is 10.1 Å². The Labute approximate surface area is 97.2 Å². The third-order valence-corrected chi connectivity index (χ3v) is 1.88. The van der Waals surface area contributed by atoms with Gasteiger partial charge in [-0.1, -0.05) is 6.58 Å². The number of carbonyl (C=O) groups excluding carboxylic acids is 1. The Kier molecular flexibility index (Phi) is 4.04. The van der Waals surface area contributed by atoms with E-state index < -0.39 is 11.0 Å². The van der Waals surface area contributed by atoms with Gasteiger partial charge in [0.25, 0.3) is 5.69 Å². The molecule has 0 atom stereocenters. The number of hydrogen-bond donors (Lipinski definition) is 2. The Hall–Kier alpha value is -2.57. The fourth-order valence-electron chi connectivity index (χ4n) is 1.15. The Balaban J connectivity index is 2.96. The zero-order chi connectivity index (χ0) is 12.8. The molecule has 0 aromatic heterocycles. The number of ether oxygens (including phenoxy) is 1. The Morgan fingerprint density at radius 2 is 2.29 bits per heavy atom. The first kappa shape index (κ1) is 12.5. The minimum atomic E-state index is -0.546. The van der Waals surface area contributed by atoms with E-state index in [1.807, 2.05) is 0 Å². The molecule has 0 fully saturated rings.